The zero-order chi connectivity index (χ0) is 22.4. The summed E-state index contributed by atoms with van der Waals surface area (Å²) >= 11 is 0. The lowest BCUT2D eigenvalue weighted by Gasteiger charge is -2.55. The van der Waals surface area contributed by atoms with Crippen molar-refractivity contribution in [1.82, 2.24) is 5.32 Å². The maximum atomic E-state index is 13.6. The zero-order valence-electron chi connectivity index (χ0n) is 19.4. The van der Waals surface area contributed by atoms with Gasteiger partial charge in [0.15, 0.2) is 8.32 Å². The van der Waals surface area contributed by atoms with Gasteiger partial charge in [-0.2, -0.15) is 0 Å². The van der Waals surface area contributed by atoms with Crippen molar-refractivity contribution in [2.24, 2.45) is 0 Å². The van der Waals surface area contributed by atoms with Crippen molar-refractivity contribution in [2.75, 3.05) is 18.6 Å². The summed E-state index contributed by atoms with van der Waals surface area (Å²) in [5, 5.41) is 3.73. The highest BCUT2D eigenvalue weighted by atomic mass is 28.4. The number of β-lactam (4-membered cyclic amide) rings is 1. The lowest BCUT2D eigenvalue weighted by molar-refractivity contribution is -0.134. The number of anilines is 1. The van der Waals surface area contributed by atoms with Gasteiger partial charge >= 0.3 is 0 Å². The third kappa shape index (κ3) is 3.71. The van der Waals surface area contributed by atoms with Crippen LogP contribution in [0.1, 0.15) is 38.8 Å². The van der Waals surface area contributed by atoms with Gasteiger partial charge < -0.3 is 14.1 Å². The smallest absolute Gasteiger partial charge is 0.250 e. The first-order chi connectivity index (χ1) is 14.6. The van der Waals surface area contributed by atoms with Crippen molar-refractivity contribution in [2.45, 2.75) is 63.0 Å². The highest BCUT2D eigenvalue weighted by molar-refractivity contribution is 6.74. The van der Waals surface area contributed by atoms with Crippen LogP contribution >= 0.6 is 0 Å². The summed E-state index contributed by atoms with van der Waals surface area (Å²) in [7, 11) is -0.265. The van der Waals surface area contributed by atoms with Gasteiger partial charge in [-0.25, -0.2) is 0 Å². The third-order valence-electron chi connectivity index (χ3n) is 7.25. The maximum Gasteiger partial charge on any atom is 0.250 e. The molecule has 5 nitrogen and oxygen atoms in total. The molecule has 2 aliphatic rings. The molecule has 2 saturated heterocycles. The predicted molar refractivity (Wildman–Crippen MR) is 127 cm³/mol. The van der Waals surface area contributed by atoms with E-state index in [1.165, 1.54) is 0 Å². The van der Waals surface area contributed by atoms with Crippen LogP contribution in [0.5, 0.6) is 5.75 Å². The molecule has 166 valence electrons. The lowest BCUT2D eigenvalue weighted by atomic mass is 9.73. The molecule has 0 aliphatic carbocycles. The highest BCUT2D eigenvalue weighted by Gasteiger charge is 2.65. The Kier molecular flexibility index (Phi) is 5.52. The van der Waals surface area contributed by atoms with Gasteiger partial charge in [-0.15, -0.1) is 0 Å². The topological polar surface area (TPSA) is 50.8 Å². The number of nitrogens with one attached hydrogen (secondary N) is 1. The Morgan fingerprint density at radius 2 is 1.71 bits per heavy atom. The minimum atomic E-state index is -1.91. The van der Waals surface area contributed by atoms with Crippen LogP contribution in [-0.2, 0) is 9.22 Å². The average Bonchev–Trinajstić information content (AvgIpc) is 3.17. The van der Waals surface area contributed by atoms with E-state index in [1.54, 1.807) is 7.11 Å². The molecule has 0 saturated carbocycles. The summed E-state index contributed by atoms with van der Waals surface area (Å²) in [4.78, 5) is 15.5. The van der Waals surface area contributed by atoms with Crippen LogP contribution < -0.4 is 15.0 Å². The number of ether oxygens (including phenoxy) is 1. The molecule has 0 radical (unpaired) electrons. The van der Waals surface area contributed by atoms with Crippen LogP contribution in [0.2, 0.25) is 18.1 Å². The molecule has 6 heteroatoms. The maximum absolute atomic E-state index is 13.6. The molecule has 2 fully saturated rings. The Hall–Kier alpha value is -2.15. The molecule has 1 spiro atoms. The Morgan fingerprint density at radius 1 is 1.06 bits per heavy atom. The Balaban J connectivity index is 1.63. The Bertz CT molecular complexity index is 939. The molecule has 31 heavy (non-hydrogen) atoms. The first kappa shape index (κ1) is 22.1. The molecule has 3 atom stereocenters. The molecule has 2 aromatic carbocycles. The van der Waals surface area contributed by atoms with E-state index >= 15 is 0 Å². The number of benzene rings is 2. The third-order valence-corrected chi connectivity index (χ3v) is 11.8. The average molecular weight is 439 g/mol. The largest absolute Gasteiger partial charge is 0.497 e. The Labute approximate surface area is 186 Å². The number of hydrogen-bond donors (Lipinski definition) is 1. The molecule has 1 N–H and O–H groups in total. The van der Waals surface area contributed by atoms with E-state index in [2.05, 4.69) is 51.3 Å². The fourth-order valence-corrected chi connectivity index (χ4v) is 5.88. The van der Waals surface area contributed by atoms with Gasteiger partial charge in [-0.05, 0) is 48.0 Å². The number of rotatable bonds is 5. The van der Waals surface area contributed by atoms with Crippen molar-refractivity contribution in [3.63, 3.8) is 0 Å². The van der Waals surface area contributed by atoms with Gasteiger partial charge in [0.1, 0.15) is 11.3 Å². The quantitative estimate of drug-likeness (QED) is 0.533. The number of nitrogens with zero attached hydrogens (tertiary/aromatic N) is 1. The molecule has 2 aliphatic heterocycles. The van der Waals surface area contributed by atoms with Crippen molar-refractivity contribution < 1.29 is 14.0 Å². The van der Waals surface area contributed by atoms with E-state index in [9.17, 15) is 4.79 Å². The molecular formula is C25H34N2O3Si. The SMILES string of the molecule is COc1ccc(N2C(=O)[C@]3(C[C@@H](O[Si](C)(C)C(C)(C)C)CN3)[C@H]2c2ccccc2)cc1. The molecule has 1 amide bonds. The van der Waals surface area contributed by atoms with E-state index in [-0.39, 0.29) is 23.1 Å². The molecule has 2 aromatic rings. The van der Waals surface area contributed by atoms with Gasteiger partial charge in [0.25, 0.3) is 5.91 Å². The highest BCUT2D eigenvalue weighted by Crippen LogP contribution is 2.51. The summed E-state index contributed by atoms with van der Waals surface area (Å²) in [5.74, 6) is 0.900. The predicted octanol–water partition coefficient (Wildman–Crippen LogP) is 4.91. The summed E-state index contributed by atoms with van der Waals surface area (Å²) in [6.07, 6.45) is 0.749. The van der Waals surface area contributed by atoms with Crippen LogP contribution in [0, 0.1) is 0 Å². The van der Waals surface area contributed by atoms with Gasteiger partial charge in [0.05, 0.1) is 19.3 Å². The molecule has 0 unspecified atom stereocenters. The minimum Gasteiger partial charge on any atom is -0.497 e. The number of carbonyl (C=O) groups excluding carboxylic acids is 1. The summed E-state index contributed by atoms with van der Waals surface area (Å²) in [6.45, 7) is 12.0. The number of methoxy groups -OCH3 is 1. The van der Waals surface area contributed by atoms with Crippen LogP contribution in [-0.4, -0.2) is 39.5 Å². The summed E-state index contributed by atoms with van der Waals surface area (Å²) < 4.78 is 12.0. The summed E-state index contributed by atoms with van der Waals surface area (Å²) in [6, 6.07) is 18.0. The summed E-state index contributed by atoms with van der Waals surface area (Å²) in [5.41, 5.74) is 1.41. The first-order valence-electron chi connectivity index (χ1n) is 11.0. The van der Waals surface area contributed by atoms with E-state index in [4.69, 9.17) is 9.16 Å². The van der Waals surface area contributed by atoms with Gasteiger partial charge in [-0.1, -0.05) is 51.1 Å². The van der Waals surface area contributed by atoms with E-state index in [1.807, 2.05) is 47.4 Å². The fourth-order valence-electron chi connectivity index (χ4n) is 4.53. The monoisotopic (exact) mass is 438 g/mol. The fraction of sp³-hybridized carbons (Fsp3) is 0.480. The minimum absolute atomic E-state index is 0.0501. The van der Waals surface area contributed by atoms with Gasteiger partial charge in [0, 0.05) is 18.7 Å². The second-order valence-electron chi connectivity index (χ2n) is 10.2. The van der Waals surface area contributed by atoms with Crippen molar-refractivity contribution >= 4 is 19.9 Å². The van der Waals surface area contributed by atoms with Crippen LogP contribution in [0.4, 0.5) is 5.69 Å². The normalized spacial score (nSPS) is 26.3. The Morgan fingerprint density at radius 3 is 2.29 bits per heavy atom. The van der Waals surface area contributed by atoms with Crippen molar-refractivity contribution in [3.05, 3.63) is 60.2 Å². The number of hydrogen-bond acceptors (Lipinski definition) is 4. The standard InChI is InChI=1S/C25H34N2O3Si/c1-24(2,3)31(5,6)30-21-16-25(26-17-21)22(18-10-8-7-9-11-18)27(23(25)28)19-12-14-20(29-4)15-13-19/h7-15,21-22,26H,16-17H2,1-6H3/t21-,22-,25+/m1/s1. The molecular weight excluding hydrogens is 404 g/mol. The molecule has 0 aromatic heterocycles. The second-order valence-corrected chi connectivity index (χ2v) is 15.0. The lowest BCUT2D eigenvalue weighted by Crippen LogP contribution is -2.73. The van der Waals surface area contributed by atoms with Crippen LogP contribution in [0.25, 0.3) is 0 Å². The van der Waals surface area contributed by atoms with Gasteiger partial charge in [0.2, 0.25) is 0 Å². The molecule has 2 heterocycles. The van der Waals surface area contributed by atoms with E-state index in [0.29, 0.717) is 13.0 Å². The van der Waals surface area contributed by atoms with Crippen LogP contribution in [0.3, 0.4) is 0 Å². The zero-order valence-corrected chi connectivity index (χ0v) is 20.4. The molecule has 0 bridgehead atoms. The first-order valence-corrected chi connectivity index (χ1v) is 14.0. The molecule has 4 rings (SSSR count). The van der Waals surface area contributed by atoms with Crippen molar-refractivity contribution in [1.29, 1.82) is 0 Å². The number of amides is 1. The number of carbonyl (C=O) groups is 1. The van der Waals surface area contributed by atoms with E-state index < -0.39 is 13.9 Å². The van der Waals surface area contributed by atoms with Crippen molar-refractivity contribution in [3.8, 4) is 5.75 Å². The second kappa shape index (κ2) is 7.76. The van der Waals surface area contributed by atoms with Crippen LogP contribution in [0.15, 0.2) is 54.6 Å². The van der Waals surface area contributed by atoms with E-state index in [0.717, 1.165) is 17.0 Å². The van der Waals surface area contributed by atoms with Gasteiger partial charge in [-0.3, -0.25) is 10.1 Å².